The van der Waals surface area contributed by atoms with Crippen LogP contribution in [-0.2, 0) is 6.42 Å². The Morgan fingerprint density at radius 1 is 0.926 bits per heavy atom. The van der Waals surface area contributed by atoms with Gasteiger partial charge in [0.05, 0.1) is 5.69 Å². The van der Waals surface area contributed by atoms with E-state index in [2.05, 4.69) is 51.8 Å². The maximum atomic E-state index is 12.7. The highest BCUT2D eigenvalue weighted by atomic mass is 16.1. The molecule has 1 heterocycles. The van der Waals surface area contributed by atoms with Crippen molar-refractivity contribution in [1.82, 2.24) is 14.8 Å². The number of anilines is 1. The second-order valence-electron chi connectivity index (χ2n) is 6.55. The predicted molar refractivity (Wildman–Crippen MR) is 104 cm³/mol. The molecule has 1 N–H and O–H groups in total. The molecule has 1 aromatic heterocycles. The summed E-state index contributed by atoms with van der Waals surface area (Å²) in [6.45, 7) is 0. The van der Waals surface area contributed by atoms with Crippen molar-refractivity contribution in [2.45, 2.75) is 6.42 Å². The highest BCUT2D eigenvalue weighted by Gasteiger charge is 2.18. The number of hydrogen-bond donors (Lipinski definition) is 1. The van der Waals surface area contributed by atoms with Crippen LogP contribution in [0.2, 0.25) is 0 Å². The van der Waals surface area contributed by atoms with Gasteiger partial charge in [-0.15, -0.1) is 0 Å². The van der Waals surface area contributed by atoms with Crippen LogP contribution in [0.15, 0.2) is 79.4 Å². The van der Waals surface area contributed by atoms with Gasteiger partial charge < -0.3 is 5.32 Å². The monoisotopic (exact) mass is 352 g/mol. The van der Waals surface area contributed by atoms with E-state index < -0.39 is 0 Å². The zero-order valence-corrected chi connectivity index (χ0v) is 14.5. The number of aromatic nitrogens is 3. The molecule has 3 aromatic carbocycles. The molecule has 1 amide bonds. The van der Waals surface area contributed by atoms with Crippen molar-refractivity contribution in [2.24, 2.45) is 0 Å². The SMILES string of the molecule is O=C(Nc1ccc2c(c1)Cc1ccccc1-2)c1cccc(-n2cncn2)c1. The van der Waals surface area contributed by atoms with Crippen molar-refractivity contribution in [1.29, 1.82) is 0 Å². The Balaban J connectivity index is 1.39. The second-order valence-corrected chi connectivity index (χ2v) is 6.55. The third kappa shape index (κ3) is 2.79. The van der Waals surface area contributed by atoms with Crippen LogP contribution in [0.3, 0.4) is 0 Å². The van der Waals surface area contributed by atoms with Crippen LogP contribution in [0, 0.1) is 0 Å². The van der Waals surface area contributed by atoms with Crippen LogP contribution >= 0.6 is 0 Å². The second kappa shape index (κ2) is 6.21. The molecule has 1 aliphatic carbocycles. The minimum atomic E-state index is -0.146. The average Bonchev–Trinajstić information content (AvgIpc) is 3.35. The molecule has 1 aliphatic rings. The number of nitrogens with zero attached hydrogens (tertiary/aromatic N) is 3. The average molecular weight is 352 g/mol. The summed E-state index contributed by atoms with van der Waals surface area (Å²) in [4.78, 5) is 16.6. The first-order chi connectivity index (χ1) is 13.3. The lowest BCUT2D eigenvalue weighted by atomic mass is 10.1. The van der Waals surface area contributed by atoms with Gasteiger partial charge in [0.1, 0.15) is 12.7 Å². The maximum Gasteiger partial charge on any atom is 0.255 e. The van der Waals surface area contributed by atoms with Crippen LogP contribution in [0.5, 0.6) is 0 Å². The van der Waals surface area contributed by atoms with Gasteiger partial charge in [-0.2, -0.15) is 5.10 Å². The third-order valence-corrected chi connectivity index (χ3v) is 4.84. The van der Waals surface area contributed by atoms with Crippen LogP contribution in [-0.4, -0.2) is 20.7 Å². The summed E-state index contributed by atoms with van der Waals surface area (Å²) in [5.41, 5.74) is 7.28. The number of hydrogen-bond acceptors (Lipinski definition) is 3. The van der Waals surface area contributed by atoms with E-state index in [0.717, 1.165) is 17.8 Å². The van der Waals surface area contributed by atoms with Crippen molar-refractivity contribution < 1.29 is 4.79 Å². The Bertz CT molecular complexity index is 1150. The minimum absolute atomic E-state index is 0.146. The van der Waals surface area contributed by atoms with Gasteiger partial charge >= 0.3 is 0 Å². The minimum Gasteiger partial charge on any atom is -0.322 e. The van der Waals surface area contributed by atoms with Crippen LogP contribution in [0.25, 0.3) is 16.8 Å². The number of carbonyl (C=O) groups excluding carboxylic acids is 1. The number of carbonyl (C=O) groups is 1. The Kier molecular flexibility index (Phi) is 3.57. The highest BCUT2D eigenvalue weighted by molar-refractivity contribution is 6.04. The Labute approximate surface area is 156 Å². The van der Waals surface area contributed by atoms with Gasteiger partial charge in [-0.1, -0.05) is 36.4 Å². The van der Waals surface area contributed by atoms with E-state index in [1.165, 1.54) is 28.6 Å². The summed E-state index contributed by atoms with van der Waals surface area (Å²) in [6.07, 6.45) is 3.97. The lowest BCUT2D eigenvalue weighted by molar-refractivity contribution is 0.102. The van der Waals surface area contributed by atoms with Gasteiger partial charge in [0.15, 0.2) is 0 Å². The molecule has 27 heavy (non-hydrogen) atoms. The van der Waals surface area contributed by atoms with Gasteiger partial charge in [0.25, 0.3) is 5.91 Å². The van der Waals surface area contributed by atoms with Crippen molar-refractivity contribution in [3.05, 3.63) is 96.1 Å². The van der Waals surface area contributed by atoms with Gasteiger partial charge in [-0.05, 0) is 59.0 Å². The molecule has 5 heteroatoms. The Morgan fingerprint density at radius 2 is 1.81 bits per heavy atom. The van der Waals surface area contributed by atoms with Crippen molar-refractivity contribution >= 4 is 11.6 Å². The zero-order valence-electron chi connectivity index (χ0n) is 14.5. The highest BCUT2D eigenvalue weighted by Crippen LogP contribution is 2.37. The molecule has 0 radical (unpaired) electrons. The Morgan fingerprint density at radius 3 is 2.70 bits per heavy atom. The lowest BCUT2D eigenvalue weighted by Crippen LogP contribution is -2.12. The molecule has 130 valence electrons. The molecule has 0 spiro atoms. The van der Waals surface area contributed by atoms with E-state index in [4.69, 9.17) is 0 Å². The van der Waals surface area contributed by atoms with E-state index in [0.29, 0.717) is 5.56 Å². The predicted octanol–water partition coefficient (Wildman–Crippen LogP) is 4.09. The van der Waals surface area contributed by atoms with Crippen molar-refractivity contribution in [2.75, 3.05) is 5.32 Å². The summed E-state index contributed by atoms with van der Waals surface area (Å²) in [5.74, 6) is -0.146. The number of nitrogens with one attached hydrogen (secondary N) is 1. The fraction of sp³-hybridized carbons (Fsp3) is 0.0455. The molecule has 5 rings (SSSR count). The van der Waals surface area contributed by atoms with Gasteiger partial charge in [-0.25, -0.2) is 9.67 Å². The van der Waals surface area contributed by atoms with E-state index in [9.17, 15) is 4.79 Å². The van der Waals surface area contributed by atoms with E-state index in [1.54, 1.807) is 23.1 Å². The van der Waals surface area contributed by atoms with Gasteiger partial charge in [0, 0.05) is 11.3 Å². The number of amides is 1. The molecular weight excluding hydrogens is 336 g/mol. The molecule has 5 nitrogen and oxygen atoms in total. The summed E-state index contributed by atoms with van der Waals surface area (Å²) >= 11 is 0. The summed E-state index contributed by atoms with van der Waals surface area (Å²) in [5, 5.41) is 7.11. The molecule has 4 aromatic rings. The van der Waals surface area contributed by atoms with E-state index >= 15 is 0 Å². The molecule has 0 saturated carbocycles. The normalized spacial score (nSPS) is 11.7. The van der Waals surface area contributed by atoms with Crippen molar-refractivity contribution in [3.63, 3.8) is 0 Å². The van der Waals surface area contributed by atoms with Crippen molar-refractivity contribution in [3.8, 4) is 16.8 Å². The van der Waals surface area contributed by atoms with Crippen LogP contribution in [0.1, 0.15) is 21.5 Å². The lowest BCUT2D eigenvalue weighted by Gasteiger charge is -2.09. The first-order valence-electron chi connectivity index (χ1n) is 8.75. The number of rotatable bonds is 3. The quantitative estimate of drug-likeness (QED) is 0.532. The van der Waals surface area contributed by atoms with Crippen LogP contribution in [0.4, 0.5) is 5.69 Å². The molecule has 0 aliphatic heterocycles. The van der Waals surface area contributed by atoms with E-state index in [1.807, 2.05) is 18.2 Å². The standard InChI is InChI=1S/C22H16N4O/c27-22(16-5-3-6-19(12-16)26-14-23-13-24-26)25-18-8-9-21-17(11-18)10-15-4-1-2-7-20(15)21/h1-9,11-14H,10H2,(H,25,27). The number of benzene rings is 3. The van der Waals surface area contributed by atoms with Crippen LogP contribution < -0.4 is 5.32 Å². The molecule has 0 saturated heterocycles. The summed E-state index contributed by atoms with van der Waals surface area (Å²) in [7, 11) is 0. The van der Waals surface area contributed by atoms with Gasteiger partial charge in [-0.3, -0.25) is 4.79 Å². The largest absolute Gasteiger partial charge is 0.322 e. The maximum absolute atomic E-state index is 12.7. The van der Waals surface area contributed by atoms with Gasteiger partial charge in [0.2, 0.25) is 0 Å². The smallest absolute Gasteiger partial charge is 0.255 e. The zero-order chi connectivity index (χ0) is 18.2. The third-order valence-electron chi connectivity index (χ3n) is 4.84. The fourth-order valence-electron chi connectivity index (χ4n) is 3.56. The first kappa shape index (κ1) is 15.5. The summed E-state index contributed by atoms with van der Waals surface area (Å²) < 4.78 is 1.63. The van der Waals surface area contributed by atoms with E-state index in [-0.39, 0.29) is 5.91 Å². The molecule has 0 fully saturated rings. The molecule has 0 bridgehead atoms. The molecule has 0 unspecified atom stereocenters. The Hall–Kier alpha value is -3.73. The first-order valence-corrected chi connectivity index (χ1v) is 8.75. The summed E-state index contributed by atoms with van der Waals surface area (Å²) in [6, 6.07) is 21.9. The molecular formula is C22H16N4O. The molecule has 0 atom stereocenters. The fourth-order valence-corrected chi connectivity index (χ4v) is 3.56. The number of fused-ring (bicyclic) bond motifs is 3. The topological polar surface area (TPSA) is 59.8 Å².